The summed E-state index contributed by atoms with van der Waals surface area (Å²) in [5.74, 6) is -0.226. The molecule has 0 aliphatic carbocycles. The summed E-state index contributed by atoms with van der Waals surface area (Å²) >= 11 is 12.0. The van der Waals surface area contributed by atoms with Crippen LogP contribution >= 0.6 is 23.2 Å². The van der Waals surface area contributed by atoms with Crippen molar-refractivity contribution in [2.45, 2.75) is 6.54 Å². The molecule has 3 rings (SSSR count). The Morgan fingerprint density at radius 2 is 1.60 bits per heavy atom. The number of carbonyl (C=O) groups excluding carboxylic acids is 1. The van der Waals surface area contributed by atoms with Gasteiger partial charge in [0.2, 0.25) is 0 Å². The van der Waals surface area contributed by atoms with Crippen LogP contribution in [-0.2, 0) is 6.54 Å². The molecule has 0 atom stereocenters. The van der Waals surface area contributed by atoms with E-state index in [1.807, 2.05) is 12.1 Å². The Morgan fingerprint density at radius 1 is 0.920 bits per heavy atom. The van der Waals surface area contributed by atoms with E-state index in [0.717, 1.165) is 5.56 Å². The maximum absolute atomic E-state index is 12.6. The van der Waals surface area contributed by atoms with Gasteiger partial charge in [-0.3, -0.25) is 9.78 Å². The van der Waals surface area contributed by atoms with Crippen molar-refractivity contribution in [2.75, 3.05) is 10.6 Å². The van der Waals surface area contributed by atoms with Gasteiger partial charge in [0.15, 0.2) is 0 Å². The van der Waals surface area contributed by atoms with Gasteiger partial charge in [0.1, 0.15) is 0 Å². The number of amides is 1. The Hall–Kier alpha value is -2.56. The molecular weight excluding hydrogens is 357 g/mol. The minimum Gasteiger partial charge on any atom is -0.380 e. The van der Waals surface area contributed by atoms with E-state index < -0.39 is 0 Å². The topological polar surface area (TPSA) is 54.0 Å². The van der Waals surface area contributed by atoms with Crippen LogP contribution in [0.1, 0.15) is 15.9 Å². The third-order valence-corrected chi connectivity index (χ3v) is 4.05. The molecule has 3 aromatic rings. The normalized spacial score (nSPS) is 10.3. The van der Waals surface area contributed by atoms with Crippen LogP contribution < -0.4 is 10.6 Å². The highest BCUT2D eigenvalue weighted by Crippen LogP contribution is 2.23. The van der Waals surface area contributed by atoms with E-state index in [0.29, 0.717) is 33.5 Å². The molecule has 0 spiro atoms. The summed E-state index contributed by atoms with van der Waals surface area (Å²) < 4.78 is 0. The van der Waals surface area contributed by atoms with E-state index in [-0.39, 0.29) is 5.91 Å². The first kappa shape index (κ1) is 17.3. The lowest BCUT2D eigenvalue weighted by molar-refractivity contribution is 0.102. The number of hydrogen-bond donors (Lipinski definition) is 2. The largest absolute Gasteiger partial charge is 0.380 e. The quantitative estimate of drug-likeness (QED) is 0.643. The number of carbonyl (C=O) groups is 1. The second kappa shape index (κ2) is 8.01. The van der Waals surface area contributed by atoms with Crippen molar-refractivity contribution in [2.24, 2.45) is 0 Å². The van der Waals surface area contributed by atoms with Crippen LogP contribution in [0.25, 0.3) is 0 Å². The second-order valence-corrected chi connectivity index (χ2v) is 6.23. The predicted molar refractivity (Wildman–Crippen MR) is 102 cm³/mol. The molecule has 1 aromatic heterocycles. The van der Waals surface area contributed by atoms with Gasteiger partial charge in [-0.05, 0) is 60.2 Å². The third-order valence-electron chi connectivity index (χ3n) is 3.56. The van der Waals surface area contributed by atoms with Gasteiger partial charge in [-0.25, -0.2) is 0 Å². The average Bonchev–Trinajstić information content (AvgIpc) is 2.63. The monoisotopic (exact) mass is 371 g/mol. The number of benzene rings is 2. The van der Waals surface area contributed by atoms with Gasteiger partial charge in [-0.1, -0.05) is 23.2 Å². The number of pyridine rings is 1. The molecule has 1 heterocycles. The second-order valence-electron chi connectivity index (χ2n) is 5.36. The average molecular weight is 372 g/mol. The fourth-order valence-electron chi connectivity index (χ4n) is 2.29. The zero-order valence-electron chi connectivity index (χ0n) is 13.2. The summed E-state index contributed by atoms with van der Waals surface area (Å²) in [4.78, 5) is 16.6. The first-order chi connectivity index (χ1) is 12.1. The molecule has 0 saturated carbocycles. The highest BCUT2D eigenvalue weighted by Gasteiger charge is 2.12. The molecule has 126 valence electrons. The Kier molecular flexibility index (Phi) is 5.53. The van der Waals surface area contributed by atoms with Crippen LogP contribution in [0.5, 0.6) is 0 Å². The standard InChI is InChI=1S/C19H15Cl2N3O/c20-14-1-4-16(5-2-14)24-19(25)17-6-3-15(21)11-18(17)23-12-13-7-9-22-10-8-13/h1-11,23H,12H2,(H,24,25). The molecule has 0 fully saturated rings. The first-order valence-electron chi connectivity index (χ1n) is 7.61. The maximum Gasteiger partial charge on any atom is 0.257 e. The first-order valence-corrected chi connectivity index (χ1v) is 8.36. The van der Waals surface area contributed by atoms with Gasteiger partial charge >= 0.3 is 0 Å². The van der Waals surface area contributed by atoms with Crippen LogP contribution in [0.3, 0.4) is 0 Å². The molecule has 1 amide bonds. The summed E-state index contributed by atoms with van der Waals surface area (Å²) in [5.41, 5.74) is 2.90. The fraction of sp³-hybridized carbons (Fsp3) is 0.0526. The maximum atomic E-state index is 12.6. The van der Waals surface area contributed by atoms with Crippen molar-refractivity contribution >= 4 is 40.5 Å². The zero-order valence-corrected chi connectivity index (χ0v) is 14.7. The van der Waals surface area contributed by atoms with E-state index in [4.69, 9.17) is 23.2 Å². The van der Waals surface area contributed by atoms with E-state index in [1.165, 1.54) is 0 Å². The van der Waals surface area contributed by atoms with Crippen LogP contribution in [0.2, 0.25) is 10.0 Å². The minimum absolute atomic E-state index is 0.226. The number of anilines is 2. The molecule has 0 unspecified atom stereocenters. The molecule has 0 radical (unpaired) electrons. The van der Waals surface area contributed by atoms with E-state index in [2.05, 4.69) is 15.6 Å². The number of rotatable bonds is 5. The highest BCUT2D eigenvalue weighted by atomic mass is 35.5. The van der Waals surface area contributed by atoms with Gasteiger partial charge in [0.25, 0.3) is 5.91 Å². The van der Waals surface area contributed by atoms with E-state index in [9.17, 15) is 4.79 Å². The summed E-state index contributed by atoms with van der Waals surface area (Å²) in [5, 5.41) is 7.28. The SMILES string of the molecule is O=C(Nc1ccc(Cl)cc1)c1ccc(Cl)cc1NCc1ccncc1. The van der Waals surface area contributed by atoms with Crippen molar-refractivity contribution in [3.05, 3.63) is 88.2 Å². The molecule has 0 aliphatic heterocycles. The summed E-state index contributed by atoms with van der Waals surface area (Å²) in [6.07, 6.45) is 3.45. The van der Waals surface area contributed by atoms with Gasteiger partial charge in [-0.2, -0.15) is 0 Å². The van der Waals surface area contributed by atoms with Crippen LogP contribution in [-0.4, -0.2) is 10.9 Å². The van der Waals surface area contributed by atoms with Crippen molar-refractivity contribution in [3.8, 4) is 0 Å². The third kappa shape index (κ3) is 4.72. The molecule has 0 aliphatic rings. The van der Waals surface area contributed by atoms with Crippen molar-refractivity contribution in [1.82, 2.24) is 4.98 Å². The van der Waals surface area contributed by atoms with Crippen molar-refractivity contribution in [1.29, 1.82) is 0 Å². The molecular formula is C19H15Cl2N3O. The molecule has 6 heteroatoms. The number of aromatic nitrogens is 1. The molecule has 2 N–H and O–H groups in total. The lowest BCUT2D eigenvalue weighted by atomic mass is 10.1. The van der Waals surface area contributed by atoms with Gasteiger partial charge in [0, 0.05) is 40.4 Å². The predicted octanol–water partition coefficient (Wildman–Crippen LogP) is 5.25. The molecule has 25 heavy (non-hydrogen) atoms. The lowest BCUT2D eigenvalue weighted by Gasteiger charge is -2.13. The number of nitrogens with one attached hydrogen (secondary N) is 2. The highest BCUT2D eigenvalue weighted by molar-refractivity contribution is 6.31. The summed E-state index contributed by atoms with van der Waals surface area (Å²) in [6, 6.07) is 15.9. The van der Waals surface area contributed by atoms with Crippen LogP contribution in [0.4, 0.5) is 11.4 Å². The Bertz CT molecular complexity index is 868. The lowest BCUT2D eigenvalue weighted by Crippen LogP contribution is -2.14. The Morgan fingerprint density at radius 3 is 2.32 bits per heavy atom. The van der Waals surface area contributed by atoms with Gasteiger partial charge < -0.3 is 10.6 Å². The Labute approximate surface area is 155 Å². The zero-order chi connectivity index (χ0) is 17.6. The van der Waals surface area contributed by atoms with E-state index >= 15 is 0 Å². The smallest absolute Gasteiger partial charge is 0.257 e. The molecule has 0 saturated heterocycles. The molecule has 0 bridgehead atoms. The van der Waals surface area contributed by atoms with Crippen molar-refractivity contribution in [3.63, 3.8) is 0 Å². The number of hydrogen-bond acceptors (Lipinski definition) is 3. The summed E-state index contributed by atoms with van der Waals surface area (Å²) in [6.45, 7) is 0.560. The minimum atomic E-state index is -0.226. The van der Waals surface area contributed by atoms with Gasteiger partial charge in [-0.15, -0.1) is 0 Å². The Balaban J connectivity index is 1.78. The van der Waals surface area contributed by atoms with E-state index in [1.54, 1.807) is 54.9 Å². The van der Waals surface area contributed by atoms with Crippen LogP contribution in [0.15, 0.2) is 67.0 Å². The number of halogens is 2. The molecule has 4 nitrogen and oxygen atoms in total. The van der Waals surface area contributed by atoms with Crippen molar-refractivity contribution < 1.29 is 4.79 Å². The number of nitrogens with zero attached hydrogens (tertiary/aromatic N) is 1. The van der Waals surface area contributed by atoms with Gasteiger partial charge in [0.05, 0.1) is 5.56 Å². The summed E-state index contributed by atoms with van der Waals surface area (Å²) in [7, 11) is 0. The van der Waals surface area contributed by atoms with Crippen LogP contribution in [0, 0.1) is 0 Å². The molecule has 2 aromatic carbocycles. The fourth-order valence-corrected chi connectivity index (χ4v) is 2.59.